The number of imide groups is 1. The lowest BCUT2D eigenvalue weighted by Gasteiger charge is -2.24. The summed E-state index contributed by atoms with van der Waals surface area (Å²) in [6.45, 7) is 0.0154. The van der Waals surface area contributed by atoms with E-state index in [4.69, 9.17) is 9.84 Å². The summed E-state index contributed by atoms with van der Waals surface area (Å²) in [5.74, 6) is -1.83. The molecule has 1 aliphatic rings. The van der Waals surface area contributed by atoms with Crippen molar-refractivity contribution >= 4 is 29.1 Å². The van der Waals surface area contributed by atoms with E-state index in [1.54, 1.807) is 0 Å². The molecule has 1 aliphatic heterocycles. The fraction of sp³-hybridized carbons (Fsp3) is 0.400. The number of thiazole rings is 1. The van der Waals surface area contributed by atoms with Gasteiger partial charge in [-0.1, -0.05) is 0 Å². The van der Waals surface area contributed by atoms with E-state index in [9.17, 15) is 14.4 Å². The first kappa shape index (κ1) is 12.7. The van der Waals surface area contributed by atoms with Crippen LogP contribution < -0.4 is 0 Å². The van der Waals surface area contributed by atoms with Gasteiger partial charge in [0, 0.05) is 18.3 Å². The zero-order chi connectivity index (χ0) is 13.1. The van der Waals surface area contributed by atoms with Crippen molar-refractivity contribution in [1.29, 1.82) is 0 Å². The molecular formula is C10H10N2O5S. The van der Waals surface area contributed by atoms with Crippen molar-refractivity contribution in [2.75, 3.05) is 19.8 Å². The molecule has 1 aromatic heterocycles. The average Bonchev–Trinajstić information content (AvgIpc) is 2.77. The van der Waals surface area contributed by atoms with Crippen molar-refractivity contribution in [3.05, 3.63) is 16.1 Å². The van der Waals surface area contributed by atoms with Crippen molar-refractivity contribution in [3.63, 3.8) is 0 Å². The Kier molecular flexibility index (Phi) is 3.68. The van der Waals surface area contributed by atoms with E-state index in [1.807, 2.05) is 0 Å². The summed E-state index contributed by atoms with van der Waals surface area (Å²) in [5, 5.41) is 10.7. The third kappa shape index (κ3) is 2.71. The van der Waals surface area contributed by atoms with E-state index >= 15 is 0 Å². The first-order valence-corrected chi connectivity index (χ1v) is 6.04. The van der Waals surface area contributed by atoms with Crippen molar-refractivity contribution in [3.8, 4) is 0 Å². The number of ether oxygens (including phenoxy) is 1. The molecule has 0 atom stereocenters. The number of rotatable bonds is 4. The molecule has 1 saturated heterocycles. The minimum atomic E-state index is -1.09. The lowest BCUT2D eigenvalue weighted by Crippen LogP contribution is -2.46. The monoisotopic (exact) mass is 270 g/mol. The normalized spacial score (nSPS) is 16.1. The Labute approximate surface area is 106 Å². The van der Waals surface area contributed by atoms with Crippen LogP contribution in [0, 0.1) is 0 Å². The Morgan fingerprint density at radius 3 is 2.67 bits per heavy atom. The van der Waals surface area contributed by atoms with Crippen LogP contribution in [0.2, 0.25) is 0 Å². The van der Waals surface area contributed by atoms with Crippen LogP contribution in [0.15, 0.2) is 5.38 Å². The van der Waals surface area contributed by atoms with E-state index in [1.165, 1.54) is 16.7 Å². The predicted molar refractivity (Wildman–Crippen MR) is 60.3 cm³/mol. The first-order chi connectivity index (χ1) is 8.58. The molecule has 0 aliphatic carbocycles. The van der Waals surface area contributed by atoms with E-state index in [0.717, 1.165) is 4.90 Å². The van der Waals surface area contributed by atoms with Gasteiger partial charge in [-0.05, 0) is 0 Å². The van der Waals surface area contributed by atoms with E-state index in [0.29, 0.717) is 11.4 Å². The second-order valence-corrected chi connectivity index (χ2v) is 4.56. The second-order valence-electron chi connectivity index (χ2n) is 3.61. The Morgan fingerprint density at radius 1 is 1.44 bits per heavy atom. The zero-order valence-corrected chi connectivity index (χ0v) is 10.1. The molecule has 2 rings (SSSR count). The Hall–Kier alpha value is -1.80. The average molecular weight is 270 g/mol. The maximum absolute atomic E-state index is 11.4. The van der Waals surface area contributed by atoms with Gasteiger partial charge in [0.25, 0.3) is 11.8 Å². The van der Waals surface area contributed by atoms with Gasteiger partial charge in [0.2, 0.25) is 0 Å². The first-order valence-electron chi connectivity index (χ1n) is 5.16. The molecule has 0 spiro atoms. The van der Waals surface area contributed by atoms with Gasteiger partial charge in [-0.2, -0.15) is 0 Å². The van der Waals surface area contributed by atoms with Crippen LogP contribution in [0.3, 0.4) is 0 Å². The molecule has 0 bridgehead atoms. The van der Waals surface area contributed by atoms with Gasteiger partial charge in [-0.3, -0.25) is 14.5 Å². The van der Waals surface area contributed by atoms with Crippen LogP contribution in [0.1, 0.15) is 15.5 Å². The number of aromatic nitrogens is 1. The maximum atomic E-state index is 11.4. The molecule has 1 aromatic rings. The number of aromatic carboxylic acids is 1. The van der Waals surface area contributed by atoms with Gasteiger partial charge in [0.15, 0.2) is 5.69 Å². The summed E-state index contributed by atoms with van der Waals surface area (Å²) >= 11 is 1.20. The van der Waals surface area contributed by atoms with Gasteiger partial charge in [-0.15, -0.1) is 11.3 Å². The number of hydrogen-bond donors (Lipinski definition) is 1. The molecule has 0 unspecified atom stereocenters. The van der Waals surface area contributed by atoms with Crippen molar-refractivity contribution < 1.29 is 24.2 Å². The number of carbonyl (C=O) groups is 3. The largest absolute Gasteiger partial charge is 0.476 e. The molecule has 7 nitrogen and oxygen atoms in total. The number of amides is 2. The van der Waals surface area contributed by atoms with E-state index < -0.39 is 5.97 Å². The van der Waals surface area contributed by atoms with Crippen LogP contribution in [-0.2, 0) is 20.7 Å². The minimum Gasteiger partial charge on any atom is -0.476 e. The molecule has 2 heterocycles. The number of carboxylic acids is 1. The molecule has 96 valence electrons. The summed E-state index contributed by atoms with van der Waals surface area (Å²) in [4.78, 5) is 38.4. The summed E-state index contributed by atoms with van der Waals surface area (Å²) in [6, 6.07) is 0. The predicted octanol–water partition coefficient (Wildman–Crippen LogP) is -0.231. The maximum Gasteiger partial charge on any atom is 0.355 e. The summed E-state index contributed by atoms with van der Waals surface area (Å²) in [5.41, 5.74) is -0.0189. The van der Waals surface area contributed by atoms with Crippen molar-refractivity contribution in [2.45, 2.75) is 6.42 Å². The van der Waals surface area contributed by atoms with Crippen LogP contribution in [-0.4, -0.2) is 52.5 Å². The van der Waals surface area contributed by atoms with E-state index in [-0.39, 0.29) is 37.3 Å². The molecule has 2 amide bonds. The molecule has 1 fully saturated rings. The third-order valence-electron chi connectivity index (χ3n) is 2.37. The van der Waals surface area contributed by atoms with E-state index in [2.05, 4.69) is 4.98 Å². The molecule has 0 saturated carbocycles. The van der Waals surface area contributed by atoms with Gasteiger partial charge in [0.1, 0.15) is 13.2 Å². The quantitative estimate of drug-likeness (QED) is 0.759. The highest BCUT2D eigenvalue weighted by molar-refractivity contribution is 7.09. The van der Waals surface area contributed by atoms with Crippen LogP contribution in [0.5, 0.6) is 0 Å². The molecule has 18 heavy (non-hydrogen) atoms. The molecule has 1 N–H and O–H groups in total. The van der Waals surface area contributed by atoms with Crippen LogP contribution in [0.25, 0.3) is 0 Å². The fourth-order valence-corrected chi connectivity index (χ4v) is 2.26. The van der Waals surface area contributed by atoms with Gasteiger partial charge in [-0.25, -0.2) is 9.78 Å². The number of morpholine rings is 1. The standard InChI is InChI=1S/C10H10N2O5S/c13-8-3-17-4-9(14)12(8)2-1-7-11-6(5-18-7)10(15)16/h5H,1-4H2,(H,15,16). The summed E-state index contributed by atoms with van der Waals surface area (Å²) < 4.78 is 4.78. The highest BCUT2D eigenvalue weighted by Gasteiger charge is 2.26. The number of carbonyl (C=O) groups excluding carboxylic acids is 2. The second kappa shape index (κ2) is 5.23. The highest BCUT2D eigenvalue weighted by atomic mass is 32.1. The highest BCUT2D eigenvalue weighted by Crippen LogP contribution is 2.12. The summed E-state index contributed by atoms with van der Waals surface area (Å²) in [7, 11) is 0. The van der Waals surface area contributed by atoms with Crippen molar-refractivity contribution in [2.24, 2.45) is 0 Å². The third-order valence-corrected chi connectivity index (χ3v) is 3.28. The van der Waals surface area contributed by atoms with Gasteiger partial charge < -0.3 is 9.84 Å². The lowest BCUT2D eigenvalue weighted by atomic mass is 10.3. The van der Waals surface area contributed by atoms with Gasteiger partial charge in [0.05, 0.1) is 5.01 Å². The number of nitrogens with zero attached hydrogens (tertiary/aromatic N) is 2. The zero-order valence-electron chi connectivity index (χ0n) is 9.29. The molecule has 0 aromatic carbocycles. The Bertz CT molecular complexity index is 482. The lowest BCUT2D eigenvalue weighted by molar-refractivity contribution is -0.158. The molecule has 0 radical (unpaired) electrons. The SMILES string of the molecule is O=C(O)c1csc(CCN2C(=O)COCC2=O)n1. The fourth-order valence-electron chi connectivity index (χ4n) is 1.50. The smallest absolute Gasteiger partial charge is 0.355 e. The molecule has 8 heteroatoms. The molecular weight excluding hydrogens is 260 g/mol. The summed E-state index contributed by atoms with van der Waals surface area (Å²) in [6.07, 6.45) is 0.357. The Balaban J connectivity index is 1.95. The van der Waals surface area contributed by atoms with Crippen LogP contribution in [0.4, 0.5) is 0 Å². The van der Waals surface area contributed by atoms with Crippen molar-refractivity contribution in [1.82, 2.24) is 9.88 Å². The van der Waals surface area contributed by atoms with Crippen LogP contribution >= 0.6 is 11.3 Å². The van der Waals surface area contributed by atoms with Gasteiger partial charge >= 0.3 is 5.97 Å². The topological polar surface area (TPSA) is 96.8 Å². The number of carboxylic acid groups (broad SMARTS) is 1. The Morgan fingerprint density at radius 2 is 2.11 bits per heavy atom. The minimum absolute atomic E-state index is 0.0189. The number of hydrogen-bond acceptors (Lipinski definition) is 6.